The van der Waals surface area contributed by atoms with Crippen LogP contribution in [0, 0.1) is 6.92 Å². The van der Waals surface area contributed by atoms with Gasteiger partial charge in [-0.3, -0.25) is 0 Å². The minimum atomic E-state index is -0.286. The number of nitrogens with zero attached hydrogens (tertiary/aromatic N) is 2. The summed E-state index contributed by atoms with van der Waals surface area (Å²) in [6.45, 7) is 12.6. The van der Waals surface area contributed by atoms with Crippen LogP contribution in [0.3, 0.4) is 0 Å². The molecule has 0 aliphatic rings. The Hall–Kier alpha value is -1.73. The summed E-state index contributed by atoms with van der Waals surface area (Å²) in [6, 6.07) is 0. The number of aromatic nitrogens is 2. The molecule has 0 aliphatic heterocycles. The minimum absolute atomic E-state index is 0.286. The summed E-state index contributed by atoms with van der Waals surface area (Å²) in [6.07, 6.45) is 1.54. The zero-order chi connectivity index (χ0) is 16.8. The lowest BCUT2D eigenvalue weighted by molar-refractivity contribution is -0.894. The molecule has 2 rings (SSSR count). The molecule has 0 fully saturated rings. The second kappa shape index (κ2) is 8.21. The summed E-state index contributed by atoms with van der Waals surface area (Å²) in [5.41, 5.74) is 0.890. The predicted molar refractivity (Wildman–Crippen MR) is 93.5 cm³/mol. The van der Waals surface area contributed by atoms with Gasteiger partial charge in [-0.1, -0.05) is 0 Å². The molecule has 0 aliphatic carbocycles. The second-order valence-electron chi connectivity index (χ2n) is 5.31. The Morgan fingerprint density at radius 2 is 2.04 bits per heavy atom. The van der Waals surface area contributed by atoms with Gasteiger partial charge in [0.1, 0.15) is 21.9 Å². The second-order valence-corrected chi connectivity index (χ2v) is 6.31. The molecule has 7 heteroatoms. The van der Waals surface area contributed by atoms with Gasteiger partial charge in [0, 0.05) is 0 Å². The van der Waals surface area contributed by atoms with Crippen LogP contribution in [-0.4, -0.2) is 48.7 Å². The number of thiophene rings is 1. The number of carbonyl (C=O) groups excluding carboxylic acids is 1. The zero-order valence-corrected chi connectivity index (χ0v) is 15.0. The molecule has 0 spiro atoms. The summed E-state index contributed by atoms with van der Waals surface area (Å²) >= 11 is 1.36. The van der Waals surface area contributed by atoms with Crippen LogP contribution in [0.5, 0.6) is 0 Å². The van der Waals surface area contributed by atoms with E-state index in [0.29, 0.717) is 11.5 Å². The molecule has 2 heterocycles. The summed E-state index contributed by atoms with van der Waals surface area (Å²) < 4.78 is 5.12. The number of quaternary nitrogens is 1. The lowest BCUT2D eigenvalue weighted by atomic mass is 10.2. The quantitative estimate of drug-likeness (QED) is 0.715. The molecule has 0 bridgehead atoms. The first-order valence-electron chi connectivity index (χ1n) is 8.10. The summed E-state index contributed by atoms with van der Waals surface area (Å²) in [5, 5.41) is 4.32. The van der Waals surface area contributed by atoms with E-state index in [0.717, 1.165) is 47.8 Å². The molecule has 0 radical (unpaired) electrons. The lowest BCUT2D eigenvalue weighted by Crippen LogP contribution is -3.12. The molecule has 6 nitrogen and oxygen atoms in total. The predicted octanol–water partition coefficient (Wildman–Crippen LogP) is 1.51. The van der Waals surface area contributed by atoms with Crippen molar-refractivity contribution in [2.45, 2.75) is 27.7 Å². The summed E-state index contributed by atoms with van der Waals surface area (Å²) in [7, 11) is 0. The fourth-order valence-electron chi connectivity index (χ4n) is 2.56. The van der Waals surface area contributed by atoms with Crippen molar-refractivity contribution in [2.75, 3.05) is 38.1 Å². The number of likely N-dealkylation sites (N-methyl/N-ethyl adjacent to an activating group) is 1. The van der Waals surface area contributed by atoms with E-state index in [1.165, 1.54) is 16.2 Å². The van der Waals surface area contributed by atoms with Crippen LogP contribution in [0.1, 0.15) is 36.0 Å². The van der Waals surface area contributed by atoms with E-state index < -0.39 is 0 Å². The molecule has 2 N–H and O–H groups in total. The molecule has 126 valence electrons. The Morgan fingerprint density at radius 3 is 2.70 bits per heavy atom. The average Bonchev–Trinajstić information content (AvgIpc) is 2.90. The molecule has 2 aromatic heterocycles. The first-order chi connectivity index (χ1) is 11.1. The Labute approximate surface area is 140 Å². The monoisotopic (exact) mass is 337 g/mol. The Morgan fingerprint density at radius 1 is 1.30 bits per heavy atom. The maximum atomic E-state index is 12.0. The summed E-state index contributed by atoms with van der Waals surface area (Å²) in [4.78, 5) is 23.7. The fraction of sp³-hybridized carbons (Fsp3) is 0.562. The van der Waals surface area contributed by atoms with E-state index in [1.807, 2.05) is 13.8 Å². The van der Waals surface area contributed by atoms with Gasteiger partial charge in [0.15, 0.2) is 0 Å². The van der Waals surface area contributed by atoms with Crippen LogP contribution in [0.25, 0.3) is 10.2 Å². The highest BCUT2D eigenvalue weighted by atomic mass is 32.1. The van der Waals surface area contributed by atoms with Crippen molar-refractivity contribution in [2.24, 2.45) is 0 Å². The van der Waals surface area contributed by atoms with E-state index >= 15 is 0 Å². The van der Waals surface area contributed by atoms with E-state index in [1.54, 1.807) is 6.33 Å². The normalized spacial score (nSPS) is 11.2. The van der Waals surface area contributed by atoms with Gasteiger partial charge in [0.25, 0.3) is 0 Å². The van der Waals surface area contributed by atoms with Crippen molar-refractivity contribution < 1.29 is 14.4 Å². The van der Waals surface area contributed by atoms with E-state index in [-0.39, 0.29) is 5.97 Å². The molecule has 23 heavy (non-hydrogen) atoms. The van der Waals surface area contributed by atoms with Gasteiger partial charge in [-0.25, -0.2) is 14.8 Å². The van der Waals surface area contributed by atoms with Crippen molar-refractivity contribution in [1.29, 1.82) is 0 Å². The van der Waals surface area contributed by atoms with Gasteiger partial charge >= 0.3 is 5.97 Å². The molecular weight excluding hydrogens is 312 g/mol. The van der Waals surface area contributed by atoms with E-state index in [2.05, 4.69) is 29.1 Å². The van der Waals surface area contributed by atoms with Crippen LogP contribution in [0.2, 0.25) is 0 Å². The minimum Gasteiger partial charge on any atom is -0.462 e. The van der Waals surface area contributed by atoms with Crippen molar-refractivity contribution >= 4 is 33.3 Å². The third kappa shape index (κ3) is 3.97. The molecule has 0 saturated carbocycles. The highest BCUT2D eigenvalue weighted by molar-refractivity contribution is 7.20. The Balaban J connectivity index is 2.22. The first-order valence-corrected chi connectivity index (χ1v) is 8.92. The Bertz CT molecular complexity index is 667. The number of ether oxygens (including phenoxy) is 1. The fourth-order valence-corrected chi connectivity index (χ4v) is 3.60. The van der Waals surface area contributed by atoms with Gasteiger partial charge in [-0.15, -0.1) is 11.3 Å². The van der Waals surface area contributed by atoms with Gasteiger partial charge in [-0.2, -0.15) is 0 Å². The van der Waals surface area contributed by atoms with Crippen LogP contribution >= 0.6 is 11.3 Å². The number of hydrogen-bond acceptors (Lipinski definition) is 6. The number of rotatable bonds is 8. The topological polar surface area (TPSA) is 68.5 Å². The van der Waals surface area contributed by atoms with E-state index in [4.69, 9.17) is 4.74 Å². The van der Waals surface area contributed by atoms with Crippen LogP contribution < -0.4 is 10.2 Å². The van der Waals surface area contributed by atoms with Crippen LogP contribution in [0.15, 0.2) is 6.33 Å². The molecule has 0 saturated heterocycles. The standard InChI is InChI=1S/C16H24N4O2S/c1-5-20(6-2)9-8-17-14-12-11(4)13(16(21)22-7-3)23-15(12)19-10-18-14/h10H,5-9H2,1-4H3,(H,17,18,19)/p+1. The van der Waals surface area contributed by atoms with E-state index in [9.17, 15) is 4.79 Å². The number of carbonyl (C=O) groups is 1. The van der Waals surface area contributed by atoms with Crippen LogP contribution in [-0.2, 0) is 4.74 Å². The Kier molecular flexibility index (Phi) is 6.29. The van der Waals surface area contributed by atoms with Gasteiger partial charge in [0.2, 0.25) is 0 Å². The van der Waals surface area contributed by atoms with Crippen molar-refractivity contribution in [3.8, 4) is 0 Å². The van der Waals surface area contributed by atoms with Crippen LogP contribution in [0.4, 0.5) is 5.82 Å². The first kappa shape index (κ1) is 17.6. The highest BCUT2D eigenvalue weighted by Crippen LogP contribution is 2.33. The number of fused-ring (bicyclic) bond motifs is 1. The lowest BCUT2D eigenvalue weighted by Gasteiger charge is -2.15. The highest BCUT2D eigenvalue weighted by Gasteiger charge is 2.20. The molecule has 0 aromatic carbocycles. The van der Waals surface area contributed by atoms with Gasteiger partial charge < -0.3 is 15.0 Å². The number of hydrogen-bond donors (Lipinski definition) is 2. The van der Waals surface area contributed by atoms with Crippen molar-refractivity contribution in [3.63, 3.8) is 0 Å². The maximum Gasteiger partial charge on any atom is 0.348 e. The van der Waals surface area contributed by atoms with Gasteiger partial charge in [0.05, 0.1) is 38.2 Å². The average molecular weight is 337 g/mol. The molecule has 0 amide bonds. The summed E-state index contributed by atoms with van der Waals surface area (Å²) in [5.74, 6) is 0.511. The number of anilines is 1. The number of esters is 1. The number of nitrogens with one attached hydrogen (secondary N) is 2. The van der Waals surface area contributed by atoms with Gasteiger partial charge in [-0.05, 0) is 33.3 Å². The van der Waals surface area contributed by atoms with Crippen molar-refractivity contribution in [1.82, 2.24) is 9.97 Å². The smallest absolute Gasteiger partial charge is 0.348 e. The molecule has 0 unspecified atom stereocenters. The van der Waals surface area contributed by atoms with Crippen molar-refractivity contribution in [3.05, 3.63) is 16.8 Å². The third-order valence-electron chi connectivity index (χ3n) is 3.96. The molecule has 2 aromatic rings. The largest absolute Gasteiger partial charge is 0.462 e. The molecule has 0 atom stereocenters. The maximum absolute atomic E-state index is 12.0. The number of aryl methyl sites for hydroxylation is 1. The third-order valence-corrected chi connectivity index (χ3v) is 5.14. The zero-order valence-electron chi connectivity index (χ0n) is 14.2. The SMILES string of the molecule is CCOC(=O)c1sc2ncnc(NCC[NH+](CC)CC)c2c1C. The molecular formula is C16H25N4O2S+.